The lowest BCUT2D eigenvalue weighted by atomic mass is 10.3. The molecule has 2 rings (SSSR count). The van der Waals surface area contributed by atoms with E-state index in [1.54, 1.807) is 18.2 Å². The minimum atomic E-state index is -3.41. The minimum Gasteiger partial charge on any atom is -0.326 e. The molecule has 0 saturated carbocycles. The fourth-order valence-electron chi connectivity index (χ4n) is 2.02. The molecule has 18 heavy (non-hydrogen) atoms. The van der Waals surface area contributed by atoms with Crippen LogP contribution < -0.4 is 5.32 Å². The van der Waals surface area contributed by atoms with Gasteiger partial charge >= 0.3 is 0 Å². The number of carbonyl (C=O) groups excluding carboxylic acids is 1. The van der Waals surface area contributed by atoms with E-state index in [9.17, 15) is 13.2 Å². The Hall–Kier alpha value is -1.40. The molecule has 0 aliphatic carbocycles. The normalized spacial score (nSPS) is 16.7. The Labute approximate surface area is 107 Å². The molecule has 5 nitrogen and oxygen atoms in total. The Balaban J connectivity index is 2.29. The Morgan fingerprint density at radius 3 is 2.56 bits per heavy atom. The predicted molar refractivity (Wildman–Crippen MR) is 68.7 cm³/mol. The maximum absolute atomic E-state index is 12.3. The zero-order valence-corrected chi connectivity index (χ0v) is 11.0. The van der Waals surface area contributed by atoms with Crippen molar-refractivity contribution in [1.82, 2.24) is 4.31 Å². The Bertz CT molecular complexity index is 548. The average Bonchev–Trinajstić information content (AvgIpc) is 2.82. The first kappa shape index (κ1) is 13.0. The Morgan fingerprint density at radius 1 is 1.28 bits per heavy atom. The number of rotatable bonds is 3. The molecule has 0 radical (unpaired) electrons. The van der Waals surface area contributed by atoms with Crippen molar-refractivity contribution in [2.45, 2.75) is 24.7 Å². The van der Waals surface area contributed by atoms with Crippen LogP contribution in [0.2, 0.25) is 0 Å². The second kappa shape index (κ2) is 5.07. The SMILES string of the molecule is CC(=O)Nc1cccc(S(=O)(=O)N2CCCC2)c1. The van der Waals surface area contributed by atoms with Crippen LogP contribution in [0.1, 0.15) is 19.8 Å². The summed E-state index contributed by atoms with van der Waals surface area (Å²) in [5, 5.41) is 2.59. The van der Waals surface area contributed by atoms with Gasteiger partial charge in [0.05, 0.1) is 4.90 Å². The molecule has 1 amide bonds. The molecule has 1 saturated heterocycles. The van der Waals surface area contributed by atoms with E-state index in [4.69, 9.17) is 0 Å². The third kappa shape index (κ3) is 2.70. The van der Waals surface area contributed by atoms with E-state index in [1.165, 1.54) is 17.3 Å². The monoisotopic (exact) mass is 268 g/mol. The van der Waals surface area contributed by atoms with Gasteiger partial charge in [0.25, 0.3) is 0 Å². The molecule has 1 aliphatic heterocycles. The topological polar surface area (TPSA) is 66.5 Å². The summed E-state index contributed by atoms with van der Waals surface area (Å²) in [6.07, 6.45) is 1.81. The zero-order valence-electron chi connectivity index (χ0n) is 10.2. The van der Waals surface area contributed by atoms with Crippen LogP contribution in [0.15, 0.2) is 29.2 Å². The van der Waals surface area contributed by atoms with Crippen LogP contribution in [0.5, 0.6) is 0 Å². The summed E-state index contributed by atoms with van der Waals surface area (Å²) in [5.74, 6) is -0.217. The summed E-state index contributed by atoms with van der Waals surface area (Å²) in [5.41, 5.74) is 0.503. The summed E-state index contributed by atoms with van der Waals surface area (Å²) >= 11 is 0. The number of carbonyl (C=O) groups is 1. The van der Waals surface area contributed by atoms with Crippen molar-refractivity contribution in [1.29, 1.82) is 0 Å². The van der Waals surface area contributed by atoms with E-state index in [2.05, 4.69) is 5.32 Å². The number of anilines is 1. The van der Waals surface area contributed by atoms with E-state index in [0.29, 0.717) is 18.8 Å². The van der Waals surface area contributed by atoms with Crippen molar-refractivity contribution >= 4 is 21.6 Å². The second-order valence-electron chi connectivity index (χ2n) is 4.32. The number of sulfonamides is 1. The first-order chi connectivity index (χ1) is 8.50. The maximum Gasteiger partial charge on any atom is 0.243 e. The Morgan fingerprint density at radius 2 is 1.94 bits per heavy atom. The van der Waals surface area contributed by atoms with Gasteiger partial charge in [-0.05, 0) is 31.0 Å². The molecule has 1 aromatic carbocycles. The van der Waals surface area contributed by atoms with Crippen molar-refractivity contribution in [3.05, 3.63) is 24.3 Å². The number of benzene rings is 1. The smallest absolute Gasteiger partial charge is 0.243 e. The van der Waals surface area contributed by atoms with E-state index in [-0.39, 0.29) is 10.8 Å². The van der Waals surface area contributed by atoms with Gasteiger partial charge < -0.3 is 5.32 Å². The minimum absolute atomic E-state index is 0.217. The molecule has 0 aromatic heterocycles. The van der Waals surface area contributed by atoms with Gasteiger partial charge in [0, 0.05) is 25.7 Å². The first-order valence-electron chi connectivity index (χ1n) is 5.88. The molecule has 6 heteroatoms. The lowest BCUT2D eigenvalue weighted by Crippen LogP contribution is -2.27. The van der Waals surface area contributed by atoms with Gasteiger partial charge in [-0.15, -0.1) is 0 Å². The number of hydrogen-bond donors (Lipinski definition) is 1. The highest BCUT2D eigenvalue weighted by atomic mass is 32.2. The van der Waals surface area contributed by atoms with Gasteiger partial charge in [-0.2, -0.15) is 4.31 Å². The van der Waals surface area contributed by atoms with Crippen LogP contribution >= 0.6 is 0 Å². The van der Waals surface area contributed by atoms with Gasteiger partial charge in [0.1, 0.15) is 0 Å². The van der Waals surface area contributed by atoms with Crippen molar-refractivity contribution in [3.8, 4) is 0 Å². The number of amides is 1. The summed E-state index contributed by atoms with van der Waals surface area (Å²) in [7, 11) is -3.41. The predicted octanol–water partition coefficient (Wildman–Crippen LogP) is 1.43. The summed E-state index contributed by atoms with van der Waals surface area (Å²) in [6.45, 7) is 2.54. The van der Waals surface area contributed by atoms with E-state index >= 15 is 0 Å². The molecule has 98 valence electrons. The average molecular weight is 268 g/mol. The van der Waals surface area contributed by atoms with Gasteiger partial charge in [-0.25, -0.2) is 8.42 Å². The van der Waals surface area contributed by atoms with Gasteiger partial charge in [0.15, 0.2) is 0 Å². The van der Waals surface area contributed by atoms with Crippen LogP contribution in [-0.4, -0.2) is 31.7 Å². The van der Waals surface area contributed by atoms with Gasteiger partial charge in [-0.1, -0.05) is 6.07 Å². The van der Waals surface area contributed by atoms with Gasteiger partial charge in [0.2, 0.25) is 15.9 Å². The lowest BCUT2D eigenvalue weighted by Gasteiger charge is -2.16. The van der Waals surface area contributed by atoms with Crippen molar-refractivity contribution < 1.29 is 13.2 Å². The van der Waals surface area contributed by atoms with Crippen molar-refractivity contribution in [2.24, 2.45) is 0 Å². The number of hydrogen-bond acceptors (Lipinski definition) is 3. The second-order valence-corrected chi connectivity index (χ2v) is 6.26. The van der Waals surface area contributed by atoms with Crippen molar-refractivity contribution in [3.63, 3.8) is 0 Å². The van der Waals surface area contributed by atoms with E-state index in [0.717, 1.165) is 12.8 Å². The van der Waals surface area contributed by atoms with Crippen LogP contribution in [0, 0.1) is 0 Å². The van der Waals surface area contributed by atoms with Gasteiger partial charge in [-0.3, -0.25) is 4.79 Å². The van der Waals surface area contributed by atoms with Crippen LogP contribution in [0.25, 0.3) is 0 Å². The maximum atomic E-state index is 12.3. The number of nitrogens with one attached hydrogen (secondary N) is 1. The molecule has 0 bridgehead atoms. The molecule has 1 fully saturated rings. The summed E-state index contributed by atoms with van der Waals surface area (Å²) in [6, 6.07) is 6.35. The standard InChI is InChI=1S/C12H16N2O3S/c1-10(15)13-11-5-4-6-12(9-11)18(16,17)14-7-2-3-8-14/h4-6,9H,2-3,7-8H2,1H3,(H,13,15). The third-order valence-electron chi connectivity index (χ3n) is 2.86. The van der Waals surface area contributed by atoms with Crippen LogP contribution in [-0.2, 0) is 14.8 Å². The molecule has 0 atom stereocenters. The highest BCUT2D eigenvalue weighted by Gasteiger charge is 2.27. The Kier molecular flexibility index (Phi) is 3.68. The molecule has 1 aliphatic rings. The number of nitrogens with zero attached hydrogens (tertiary/aromatic N) is 1. The zero-order chi connectivity index (χ0) is 13.2. The molecular formula is C12H16N2O3S. The lowest BCUT2D eigenvalue weighted by molar-refractivity contribution is -0.114. The fraction of sp³-hybridized carbons (Fsp3) is 0.417. The highest BCUT2D eigenvalue weighted by molar-refractivity contribution is 7.89. The highest BCUT2D eigenvalue weighted by Crippen LogP contribution is 2.22. The first-order valence-corrected chi connectivity index (χ1v) is 7.32. The molecule has 0 spiro atoms. The van der Waals surface area contributed by atoms with E-state index in [1.807, 2.05) is 0 Å². The largest absolute Gasteiger partial charge is 0.326 e. The molecule has 1 aromatic rings. The van der Waals surface area contributed by atoms with Crippen molar-refractivity contribution in [2.75, 3.05) is 18.4 Å². The van der Waals surface area contributed by atoms with Crippen LogP contribution in [0.4, 0.5) is 5.69 Å². The fourth-order valence-corrected chi connectivity index (χ4v) is 3.58. The van der Waals surface area contributed by atoms with Crippen LogP contribution in [0.3, 0.4) is 0 Å². The molecular weight excluding hydrogens is 252 g/mol. The summed E-state index contributed by atoms with van der Waals surface area (Å²) in [4.78, 5) is 11.2. The van der Waals surface area contributed by atoms with E-state index < -0.39 is 10.0 Å². The molecule has 1 N–H and O–H groups in total. The summed E-state index contributed by atoms with van der Waals surface area (Å²) < 4.78 is 26.1. The third-order valence-corrected chi connectivity index (χ3v) is 4.75. The molecule has 1 heterocycles. The molecule has 0 unspecified atom stereocenters. The quantitative estimate of drug-likeness (QED) is 0.901.